The highest BCUT2D eigenvalue weighted by Crippen LogP contribution is 2.30. The first kappa shape index (κ1) is 17.2. The molecule has 1 atom stereocenters. The van der Waals surface area contributed by atoms with E-state index in [-0.39, 0.29) is 6.04 Å². The van der Waals surface area contributed by atoms with Crippen molar-refractivity contribution in [3.63, 3.8) is 0 Å². The van der Waals surface area contributed by atoms with Gasteiger partial charge < -0.3 is 9.64 Å². The molecule has 1 fully saturated rings. The van der Waals surface area contributed by atoms with Crippen LogP contribution in [-0.4, -0.2) is 45.9 Å². The highest BCUT2D eigenvalue weighted by atomic mass is 32.1. The Bertz CT molecular complexity index is 671. The summed E-state index contributed by atoms with van der Waals surface area (Å²) in [6.07, 6.45) is -0.682. The molecule has 0 aromatic carbocycles. The highest BCUT2D eigenvalue weighted by molar-refractivity contribution is 7.09. The van der Waals surface area contributed by atoms with Gasteiger partial charge in [-0.15, -0.1) is 0 Å². The molecule has 2 aromatic rings. The van der Waals surface area contributed by atoms with Gasteiger partial charge in [-0.1, -0.05) is 0 Å². The van der Waals surface area contributed by atoms with E-state index in [0.717, 1.165) is 36.4 Å². The summed E-state index contributed by atoms with van der Waals surface area (Å²) in [4.78, 5) is 6.55. The van der Waals surface area contributed by atoms with Gasteiger partial charge in [0, 0.05) is 44.3 Å². The van der Waals surface area contributed by atoms with Crippen LogP contribution in [0.2, 0.25) is 0 Å². The summed E-state index contributed by atoms with van der Waals surface area (Å²) in [5, 5.41) is 4.49. The normalized spacial score (nSPS) is 19.0. The second kappa shape index (κ2) is 7.06. The minimum absolute atomic E-state index is 0.0961. The number of anilines is 1. The van der Waals surface area contributed by atoms with E-state index in [1.54, 1.807) is 7.11 Å². The van der Waals surface area contributed by atoms with Gasteiger partial charge >= 0.3 is 6.18 Å². The van der Waals surface area contributed by atoms with Crippen molar-refractivity contribution in [2.45, 2.75) is 31.5 Å². The zero-order chi connectivity index (χ0) is 17.2. The lowest BCUT2D eigenvalue weighted by Gasteiger charge is -2.32. The van der Waals surface area contributed by atoms with Crippen LogP contribution in [0.4, 0.5) is 18.3 Å². The van der Waals surface area contributed by atoms with Crippen molar-refractivity contribution in [1.29, 1.82) is 0 Å². The third-order valence-corrected chi connectivity index (χ3v) is 4.74. The first-order chi connectivity index (χ1) is 11.5. The molecule has 1 aliphatic rings. The average molecular weight is 361 g/mol. The molecule has 0 saturated carbocycles. The maximum Gasteiger partial charge on any atom is 0.435 e. The van der Waals surface area contributed by atoms with Gasteiger partial charge in [-0.2, -0.15) is 22.6 Å². The van der Waals surface area contributed by atoms with Crippen molar-refractivity contribution in [2.75, 3.05) is 31.7 Å². The van der Waals surface area contributed by atoms with Crippen molar-refractivity contribution in [3.8, 4) is 0 Å². The molecule has 3 rings (SSSR count). The number of nitrogens with zero attached hydrogens (tertiary/aromatic N) is 5. The van der Waals surface area contributed by atoms with Crippen LogP contribution in [0.3, 0.4) is 0 Å². The molecule has 0 radical (unpaired) electrons. The van der Waals surface area contributed by atoms with Crippen LogP contribution in [0.5, 0.6) is 0 Å². The zero-order valence-corrected chi connectivity index (χ0v) is 14.0. The zero-order valence-electron chi connectivity index (χ0n) is 13.2. The summed E-state index contributed by atoms with van der Waals surface area (Å²) in [5.74, 6) is 0.734. The number of methoxy groups -OCH3 is 1. The molecule has 1 unspecified atom stereocenters. The second-order valence-electron chi connectivity index (χ2n) is 5.66. The quantitative estimate of drug-likeness (QED) is 0.820. The molecule has 1 saturated heterocycles. The third kappa shape index (κ3) is 3.86. The van der Waals surface area contributed by atoms with Gasteiger partial charge in [0.15, 0.2) is 5.69 Å². The Kier molecular flexibility index (Phi) is 5.04. The van der Waals surface area contributed by atoms with E-state index in [9.17, 15) is 13.2 Å². The smallest absolute Gasteiger partial charge is 0.384 e. The van der Waals surface area contributed by atoms with E-state index >= 15 is 0 Å². The van der Waals surface area contributed by atoms with Gasteiger partial charge in [0.2, 0.25) is 5.13 Å². The Balaban J connectivity index is 1.68. The van der Waals surface area contributed by atoms with E-state index in [1.165, 1.54) is 22.4 Å². The monoisotopic (exact) mass is 361 g/mol. The minimum atomic E-state index is -4.41. The number of halogens is 3. The number of hydrogen-bond donors (Lipinski definition) is 0. The van der Waals surface area contributed by atoms with Gasteiger partial charge in [0.05, 0.1) is 12.6 Å². The highest BCUT2D eigenvalue weighted by Gasteiger charge is 2.34. The lowest BCUT2D eigenvalue weighted by molar-refractivity contribution is -0.141. The fraction of sp³-hybridized carbons (Fsp3) is 0.643. The lowest BCUT2D eigenvalue weighted by atomic mass is 10.1. The van der Waals surface area contributed by atoms with Crippen molar-refractivity contribution >= 4 is 16.7 Å². The van der Waals surface area contributed by atoms with Gasteiger partial charge in [0.25, 0.3) is 0 Å². The summed E-state index contributed by atoms with van der Waals surface area (Å²) < 4.78 is 48.8. The van der Waals surface area contributed by atoms with Gasteiger partial charge in [0.1, 0.15) is 5.82 Å². The Labute approximate surface area is 141 Å². The largest absolute Gasteiger partial charge is 0.435 e. The standard InChI is InChI=1S/C14H18F3N5OS/c1-23-8-5-12-18-13(24-20-12)21-6-2-3-10(9-21)22-7-4-11(19-22)14(15,16)17/h4,7,10H,2-3,5-6,8-9H2,1H3. The van der Waals surface area contributed by atoms with Crippen LogP contribution in [0, 0.1) is 0 Å². The van der Waals surface area contributed by atoms with E-state index in [0.29, 0.717) is 19.6 Å². The van der Waals surface area contributed by atoms with Crippen molar-refractivity contribution in [1.82, 2.24) is 19.1 Å². The first-order valence-electron chi connectivity index (χ1n) is 7.66. The summed E-state index contributed by atoms with van der Waals surface area (Å²) in [5.41, 5.74) is -0.850. The van der Waals surface area contributed by atoms with Crippen LogP contribution < -0.4 is 4.90 Å². The number of piperidine rings is 1. The summed E-state index contributed by atoms with van der Waals surface area (Å²) in [6.45, 7) is 1.97. The van der Waals surface area contributed by atoms with Gasteiger partial charge in [-0.05, 0) is 18.9 Å². The summed E-state index contributed by atoms with van der Waals surface area (Å²) >= 11 is 1.31. The lowest BCUT2D eigenvalue weighted by Crippen LogP contribution is -2.36. The summed E-state index contributed by atoms with van der Waals surface area (Å²) in [6, 6.07) is 0.924. The minimum Gasteiger partial charge on any atom is -0.384 e. The summed E-state index contributed by atoms with van der Waals surface area (Å²) in [7, 11) is 1.63. The Hall–Kier alpha value is -1.68. The number of alkyl halides is 3. The molecule has 1 aliphatic heterocycles. The molecule has 24 heavy (non-hydrogen) atoms. The number of rotatable bonds is 5. The Morgan fingerprint density at radius 1 is 1.42 bits per heavy atom. The Morgan fingerprint density at radius 2 is 2.25 bits per heavy atom. The first-order valence-corrected chi connectivity index (χ1v) is 8.43. The molecular weight excluding hydrogens is 343 g/mol. The average Bonchev–Trinajstić information content (AvgIpc) is 3.22. The van der Waals surface area contributed by atoms with Crippen LogP contribution >= 0.6 is 11.5 Å². The van der Waals surface area contributed by atoms with Crippen molar-refractivity contribution in [2.24, 2.45) is 0 Å². The number of hydrogen-bond acceptors (Lipinski definition) is 6. The SMILES string of the molecule is COCCc1nsc(N2CCCC(n3ccc(C(F)(F)F)n3)C2)n1. The number of ether oxygens (including phenoxy) is 1. The van der Waals surface area contributed by atoms with Crippen LogP contribution in [0.25, 0.3) is 0 Å². The molecule has 132 valence electrons. The molecule has 3 heterocycles. The van der Waals surface area contributed by atoms with Crippen molar-refractivity contribution < 1.29 is 17.9 Å². The fourth-order valence-electron chi connectivity index (χ4n) is 2.71. The topological polar surface area (TPSA) is 56.1 Å². The number of aromatic nitrogens is 4. The van der Waals surface area contributed by atoms with Crippen LogP contribution in [-0.2, 0) is 17.3 Å². The fourth-order valence-corrected chi connectivity index (χ4v) is 3.45. The van der Waals surface area contributed by atoms with Gasteiger partial charge in [-0.25, -0.2) is 4.98 Å². The van der Waals surface area contributed by atoms with E-state index < -0.39 is 11.9 Å². The molecule has 0 bridgehead atoms. The van der Waals surface area contributed by atoms with Crippen LogP contribution in [0.1, 0.15) is 30.4 Å². The van der Waals surface area contributed by atoms with E-state index in [4.69, 9.17) is 4.74 Å². The molecule has 10 heteroatoms. The Morgan fingerprint density at radius 3 is 2.96 bits per heavy atom. The van der Waals surface area contributed by atoms with Crippen LogP contribution in [0.15, 0.2) is 12.3 Å². The molecule has 0 spiro atoms. The molecular formula is C14H18F3N5OS. The van der Waals surface area contributed by atoms with Crippen molar-refractivity contribution in [3.05, 3.63) is 23.8 Å². The molecule has 0 amide bonds. The molecule has 6 nitrogen and oxygen atoms in total. The van der Waals surface area contributed by atoms with E-state index in [2.05, 4.69) is 19.4 Å². The molecule has 0 aliphatic carbocycles. The van der Waals surface area contributed by atoms with E-state index in [1.807, 2.05) is 0 Å². The predicted molar refractivity (Wildman–Crippen MR) is 83.2 cm³/mol. The maximum atomic E-state index is 12.7. The molecule has 0 N–H and O–H groups in total. The predicted octanol–water partition coefficient (Wildman–Crippen LogP) is 2.78. The third-order valence-electron chi connectivity index (χ3n) is 3.93. The molecule has 2 aromatic heterocycles. The van der Waals surface area contributed by atoms with Gasteiger partial charge in [-0.3, -0.25) is 4.68 Å². The maximum absolute atomic E-state index is 12.7. The second-order valence-corrected chi connectivity index (χ2v) is 6.39.